The van der Waals surface area contributed by atoms with Crippen molar-refractivity contribution in [1.29, 1.82) is 0 Å². The molecule has 0 unspecified atom stereocenters. The summed E-state index contributed by atoms with van der Waals surface area (Å²) in [6.07, 6.45) is 0.220. The molecule has 0 spiro atoms. The molecule has 0 fully saturated rings. The quantitative estimate of drug-likeness (QED) is 0.772. The molecular weight excluding hydrogens is 320 g/mol. The first kappa shape index (κ1) is 15.8. The number of benzene rings is 1. The van der Waals surface area contributed by atoms with Crippen LogP contribution in [-0.4, -0.2) is 47.2 Å². The van der Waals surface area contributed by atoms with Gasteiger partial charge in [-0.2, -0.15) is 20.1 Å². The Hall–Kier alpha value is -2.74. The third kappa shape index (κ3) is 3.12. The van der Waals surface area contributed by atoms with Crippen LogP contribution in [0.1, 0.15) is 30.8 Å². The standard InChI is InChI=1S/C17H20N6O2/c1-12(24)16-9-13-10-21(7-4-8-22(13)18-16)17(25)11-23-19-14-5-2-3-6-15(14)20-23/h2-3,5-6,9,12,24H,4,7-8,10-11H2,1H3/t12-/m0/s1. The average Bonchev–Trinajstić information content (AvgIpc) is 3.12. The maximum absolute atomic E-state index is 12.7. The molecule has 0 saturated heterocycles. The highest BCUT2D eigenvalue weighted by atomic mass is 16.3. The highest BCUT2D eigenvalue weighted by molar-refractivity contribution is 5.77. The van der Waals surface area contributed by atoms with E-state index >= 15 is 0 Å². The fraction of sp³-hybridized carbons (Fsp3) is 0.412. The van der Waals surface area contributed by atoms with Crippen molar-refractivity contribution in [2.45, 2.75) is 39.1 Å². The van der Waals surface area contributed by atoms with Crippen molar-refractivity contribution < 1.29 is 9.90 Å². The van der Waals surface area contributed by atoms with E-state index in [1.54, 1.807) is 11.8 Å². The Balaban J connectivity index is 1.51. The molecule has 0 bridgehead atoms. The molecule has 1 aliphatic heterocycles. The molecule has 3 aromatic rings. The van der Waals surface area contributed by atoms with E-state index in [0.717, 1.165) is 29.7 Å². The zero-order valence-corrected chi connectivity index (χ0v) is 14.0. The van der Waals surface area contributed by atoms with Crippen LogP contribution in [0.5, 0.6) is 0 Å². The average molecular weight is 340 g/mol. The molecule has 0 saturated carbocycles. The highest BCUT2D eigenvalue weighted by Gasteiger charge is 2.22. The van der Waals surface area contributed by atoms with Gasteiger partial charge in [-0.1, -0.05) is 12.1 Å². The molecule has 1 aromatic carbocycles. The number of fused-ring (bicyclic) bond motifs is 2. The summed E-state index contributed by atoms with van der Waals surface area (Å²) in [5, 5.41) is 22.8. The van der Waals surface area contributed by atoms with Gasteiger partial charge in [-0.3, -0.25) is 9.48 Å². The van der Waals surface area contributed by atoms with Crippen molar-refractivity contribution in [1.82, 2.24) is 29.7 Å². The van der Waals surface area contributed by atoms with E-state index in [9.17, 15) is 9.90 Å². The van der Waals surface area contributed by atoms with Gasteiger partial charge in [-0.05, 0) is 31.5 Å². The maximum Gasteiger partial charge on any atom is 0.246 e. The minimum absolute atomic E-state index is 0.0199. The van der Waals surface area contributed by atoms with E-state index < -0.39 is 6.10 Å². The molecule has 4 rings (SSSR count). The zero-order chi connectivity index (χ0) is 17.4. The number of aliphatic hydroxyl groups is 1. The second kappa shape index (κ2) is 6.29. The summed E-state index contributed by atoms with van der Waals surface area (Å²) in [7, 11) is 0. The summed E-state index contributed by atoms with van der Waals surface area (Å²) in [5.74, 6) is -0.0199. The summed E-state index contributed by atoms with van der Waals surface area (Å²) < 4.78 is 1.88. The van der Waals surface area contributed by atoms with Crippen molar-refractivity contribution >= 4 is 16.9 Å². The lowest BCUT2D eigenvalue weighted by Gasteiger charge is -2.19. The van der Waals surface area contributed by atoms with E-state index in [0.29, 0.717) is 18.8 Å². The Bertz CT molecular complexity index is 880. The van der Waals surface area contributed by atoms with Gasteiger partial charge in [-0.15, -0.1) is 0 Å². The minimum atomic E-state index is -0.607. The Morgan fingerprint density at radius 3 is 2.60 bits per heavy atom. The fourth-order valence-electron chi connectivity index (χ4n) is 3.10. The molecule has 1 atom stereocenters. The molecule has 0 radical (unpaired) electrons. The van der Waals surface area contributed by atoms with Gasteiger partial charge in [0.25, 0.3) is 0 Å². The number of aliphatic hydroxyl groups excluding tert-OH is 1. The number of amides is 1. The van der Waals surface area contributed by atoms with Crippen LogP contribution >= 0.6 is 0 Å². The summed E-state index contributed by atoms with van der Waals surface area (Å²) in [5.41, 5.74) is 3.15. The largest absolute Gasteiger partial charge is 0.387 e. The summed E-state index contributed by atoms with van der Waals surface area (Å²) in [6, 6.07) is 9.44. The second-order valence-electron chi connectivity index (χ2n) is 6.35. The lowest BCUT2D eigenvalue weighted by Crippen LogP contribution is -2.34. The fourth-order valence-corrected chi connectivity index (χ4v) is 3.10. The number of aromatic nitrogens is 5. The van der Waals surface area contributed by atoms with Crippen LogP contribution in [0.25, 0.3) is 11.0 Å². The molecule has 1 N–H and O–H groups in total. The molecule has 3 heterocycles. The van der Waals surface area contributed by atoms with Crippen LogP contribution in [0.4, 0.5) is 0 Å². The van der Waals surface area contributed by atoms with Gasteiger partial charge in [-0.25, -0.2) is 0 Å². The third-order valence-electron chi connectivity index (χ3n) is 4.42. The first-order valence-corrected chi connectivity index (χ1v) is 8.42. The van der Waals surface area contributed by atoms with Crippen LogP contribution in [0.2, 0.25) is 0 Å². The van der Waals surface area contributed by atoms with Crippen molar-refractivity contribution in [3.8, 4) is 0 Å². The lowest BCUT2D eigenvalue weighted by atomic mass is 10.2. The molecule has 0 aliphatic carbocycles. The molecule has 25 heavy (non-hydrogen) atoms. The third-order valence-corrected chi connectivity index (χ3v) is 4.42. The van der Waals surface area contributed by atoms with E-state index in [1.165, 1.54) is 4.80 Å². The van der Waals surface area contributed by atoms with Crippen LogP contribution in [-0.2, 0) is 24.4 Å². The topological polar surface area (TPSA) is 89.1 Å². The Morgan fingerprint density at radius 2 is 1.92 bits per heavy atom. The van der Waals surface area contributed by atoms with Gasteiger partial charge in [0.15, 0.2) is 0 Å². The van der Waals surface area contributed by atoms with Crippen molar-refractivity contribution in [2.75, 3.05) is 6.54 Å². The van der Waals surface area contributed by atoms with Crippen LogP contribution < -0.4 is 0 Å². The Kier molecular flexibility index (Phi) is 3.96. The number of hydrogen-bond acceptors (Lipinski definition) is 5. The Labute approximate surface area is 144 Å². The number of aryl methyl sites for hydroxylation is 1. The summed E-state index contributed by atoms with van der Waals surface area (Å²) >= 11 is 0. The summed E-state index contributed by atoms with van der Waals surface area (Å²) in [4.78, 5) is 16.0. The van der Waals surface area contributed by atoms with Gasteiger partial charge in [0, 0.05) is 13.1 Å². The zero-order valence-electron chi connectivity index (χ0n) is 14.0. The molecular formula is C17H20N6O2. The number of rotatable bonds is 3. The van der Waals surface area contributed by atoms with Crippen molar-refractivity contribution in [3.05, 3.63) is 41.7 Å². The molecule has 130 valence electrons. The first-order chi connectivity index (χ1) is 12.1. The van der Waals surface area contributed by atoms with E-state index in [4.69, 9.17) is 0 Å². The molecule has 8 heteroatoms. The van der Waals surface area contributed by atoms with Crippen LogP contribution in [0.3, 0.4) is 0 Å². The SMILES string of the molecule is C[C@H](O)c1cc2n(n1)CCCN(C(=O)Cn1nc3ccccc3n1)C2. The van der Waals surface area contributed by atoms with Gasteiger partial charge in [0.2, 0.25) is 5.91 Å². The minimum Gasteiger partial charge on any atom is -0.387 e. The van der Waals surface area contributed by atoms with Crippen LogP contribution in [0.15, 0.2) is 30.3 Å². The maximum atomic E-state index is 12.7. The molecule has 2 aromatic heterocycles. The lowest BCUT2D eigenvalue weighted by molar-refractivity contribution is -0.132. The predicted octanol–water partition coefficient (Wildman–Crippen LogP) is 1.11. The monoisotopic (exact) mass is 340 g/mol. The number of nitrogens with zero attached hydrogens (tertiary/aromatic N) is 6. The van der Waals surface area contributed by atoms with E-state index in [-0.39, 0.29) is 12.5 Å². The normalized spacial score (nSPS) is 15.8. The number of carbonyl (C=O) groups excluding carboxylic acids is 1. The molecule has 8 nitrogen and oxygen atoms in total. The smallest absolute Gasteiger partial charge is 0.246 e. The highest BCUT2D eigenvalue weighted by Crippen LogP contribution is 2.18. The number of hydrogen-bond donors (Lipinski definition) is 1. The summed E-state index contributed by atoms with van der Waals surface area (Å²) in [6.45, 7) is 3.72. The van der Waals surface area contributed by atoms with Gasteiger partial charge in [0.05, 0.1) is 24.0 Å². The molecule has 1 amide bonds. The van der Waals surface area contributed by atoms with Gasteiger partial charge < -0.3 is 10.0 Å². The van der Waals surface area contributed by atoms with Gasteiger partial charge >= 0.3 is 0 Å². The van der Waals surface area contributed by atoms with E-state index in [2.05, 4.69) is 15.3 Å². The second-order valence-corrected chi connectivity index (χ2v) is 6.35. The number of carbonyl (C=O) groups is 1. The van der Waals surface area contributed by atoms with Crippen molar-refractivity contribution in [2.24, 2.45) is 0 Å². The first-order valence-electron chi connectivity index (χ1n) is 8.42. The predicted molar refractivity (Wildman–Crippen MR) is 90.4 cm³/mol. The van der Waals surface area contributed by atoms with Gasteiger partial charge in [0.1, 0.15) is 17.6 Å². The molecule has 1 aliphatic rings. The van der Waals surface area contributed by atoms with E-state index in [1.807, 2.05) is 35.0 Å². The van der Waals surface area contributed by atoms with Crippen molar-refractivity contribution in [3.63, 3.8) is 0 Å². The Morgan fingerprint density at radius 1 is 1.20 bits per heavy atom. The van der Waals surface area contributed by atoms with Crippen LogP contribution in [0, 0.1) is 0 Å².